The number of carbonyl (C=O) groups excluding carboxylic acids is 1. The highest BCUT2D eigenvalue weighted by Gasteiger charge is 2.13. The van der Waals surface area contributed by atoms with Gasteiger partial charge in [-0.1, -0.05) is 28.1 Å². The first-order valence-electron chi connectivity index (χ1n) is 7.27. The summed E-state index contributed by atoms with van der Waals surface area (Å²) < 4.78 is 6.66. The normalized spacial score (nSPS) is 10.6. The van der Waals surface area contributed by atoms with Crippen molar-refractivity contribution < 1.29 is 9.21 Å². The lowest BCUT2D eigenvalue weighted by atomic mass is 10.1. The maximum Gasteiger partial charge on any atom is 0.291 e. The molecule has 1 heterocycles. The van der Waals surface area contributed by atoms with E-state index < -0.39 is 0 Å². The molecule has 0 bridgehead atoms. The Kier molecular flexibility index (Phi) is 4.35. The number of hydrogen-bond donors (Lipinski definition) is 1. The molecule has 3 rings (SSSR count). The second-order valence-electron chi connectivity index (χ2n) is 5.42. The Balaban J connectivity index is 1.79. The maximum absolute atomic E-state index is 12.2. The van der Waals surface area contributed by atoms with Crippen LogP contribution in [0.25, 0.3) is 11.3 Å². The number of amides is 1. The predicted octanol–water partition coefficient (Wildman–Crippen LogP) is 5.58. The van der Waals surface area contributed by atoms with E-state index in [-0.39, 0.29) is 5.91 Å². The van der Waals surface area contributed by atoms with Gasteiger partial charge in [0.15, 0.2) is 5.76 Å². The predicted molar refractivity (Wildman–Crippen MR) is 95.7 cm³/mol. The summed E-state index contributed by atoms with van der Waals surface area (Å²) in [7, 11) is 0. The molecule has 0 radical (unpaired) electrons. The molecule has 0 saturated heterocycles. The Morgan fingerprint density at radius 2 is 1.70 bits per heavy atom. The second-order valence-corrected chi connectivity index (χ2v) is 6.34. The highest BCUT2D eigenvalue weighted by molar-refractivity contribution is 9.10. The van der Waals surface area contributed by atoms with Gasteiger partial charge in [-0.25, -0.2) is 0 Å². The summed E-state index contributed by atoms with van der Waals surface area (Å²) in [5.41, 5.74) is 4.12. The number of carbonyl (C=O) groups is 1. The van der Waals surface area contributed by atoms with Crippen LogP contribution in [0.1, 0.15) is 21.7 Å². The quantitative estimate of drug-likeness (QED) is 0.654. The van der Waals surface area contributed by atoms with E-state index in [0.717, 1.165) is 15.7 Å². The number of hydrogen-bond acceptors (Lipinski definition) is 2. The molecular formula is C19H16BrNO2. The van der Waals surface area contributed by atoms with Crippen LogP contribution in [0.3, 0.4) is 0 Å². The zero-order chi connectivity index (χ0) is 16.4. The Morgan fingerprint density at radius 1 is 0.957 bits per heavy atom. The summed E-state index contributed by atoms with van der Waals surface area (Å²) in [5, 5.41) is 2.82. The molecule has 0 unspecified atom stereocenters. The van der Waals surface area contributed by atoms with Crippen LogP contribution in [0.2, 0.25) is 0 Å². The van der Waals surface area contributed by atoms with Crippen molar-refractivity contribution in [2.75, 3.05) is 5.32 Å². The molecule has 4 heteroatoms. The van der Waals surface area contributed by atoms with Gasteiger partial charge in [-0.05, 0) is 67.4 Å². The van der Waals surface area contributed by atoms with Crippen LogP contribution < -0.4 is 5.32 Å². The molecule has 0 saturated carbocycles. The SMILES string of the molecule is Cc1ccc(-c2ccc(C(=O)Nc3ccc(Br)cc3)o2)cc1C. The van der Waals surface area contributed by atoms with Crippen LogP contribution in [0.4, 0.5) is 5.69 Å². The molecule has 0 aliphatic carbocycles. The van der Waals surface area contributed by atoms with Gasteiger partial charge in [0, 0.05) is 15.7 Å². The van der Waals surface area contributed by atoms with Gasteiger partial charge >= 0.3 is 0 Å². The van der Waals surface area contributed by atoms with Crippen molar-refractivity contribution in [1.82, 2.24) is 0 Å². The molecule has 1 amide bonds. The van der Waals surface area contributed by atoms with E-state index in [1.165, 1.54) is 11.1 Å². The third kappa shape index (κ3) is 3.54. The van der Waals surface area contributed by atoms with Crippen LogP contribution in [0.15, 0.2) is 63.5 Å². The van der Waals surface area contributed by atoms with Crippen LogP contribution in [-0.2, 0) is 0 Å². The molecule has 2 aromatic carbocycles. The number of nitrogens with one attached hydrogen (secondary N) is 1. The van der Waals surface area contributed by atoms with Gasteiger partial charge in [-0.15, -0.1) is 0 Å². The highest BCUT2D eigenvalue weighted by atomic mass is 79.9. The molecule has 1 aromatic heterocycles. The molecule has 0 spiro atoms. The van der Waals surface area contributed by atoms with Gasteiger partial charge in [0.25, 0.3) is 5.91 Å². The number of aryl methyl sites for hydroxylation is 2. The number of halogens is 1. The minimum atomic E-state index is -0.262. The molecule has 116 valence electrons. The second kappa shape index (κ2) is 6.42. The molecule has 0 aliphatic rings. The summed E-state index contributed by atoms with van der Waals surface area (Å²) in [6.45, 7) is 4.13. The Bertz CT molecular complexity index is 850. The van der Waals surface area contributed by atoms with E-state index in [4.69, 9.17) is 4.42 Å². The monoisotopic (exact) mass is 369 g/mol. The first kappa shape index (κ1) is 15.6. The average Bonchev–Trinajstić information content (AvgIpc) is 3.02. The summed E-state index contributed by atoms with van der Waals surface area (Å²) in [6.07, 6.45) is 0. The molecule has 0 atom stereocenters. The molecule has 3 nitrogen and oxygen atoms in total. The van der Waals surface area contributed by atoms with Crippen molar-refractivity contribution in [3.8, 4) is 11.3 Å². The summed E-state index contributed by atoms with van der Waals surface area (Å²) in [6, 6.07) is 17.0. The molecule has 3 aromatic rings. The number of benzene rings is 2. The topological polar surface area (TPSA) is 42.2 Å². The summed E-state index contributed by atoms with van der Waals surface area (Å²) in [5.74, 6) is 0.720. The van der Waals surface area contributed by atoms with Crippen LogP contribution in [-0.4, -0.2) is 5.91 Å². The van der Waals surface area contributed by atoms with Crippen molar-refractivity contribution in [3.05, 3.63) is 76.0 Å². The van der Waals surface area contributed by atoms with Crippen LogP contribution in [0, 0.1) is 13.8 Å². The Labute approximate surface area is 143 Å². The van der Waals surface area contributed by atoms with E-state index in [9.17, 15) is 4.79 Å². The van der Waals surface area contributed by atoms with Gasteiger partial charge in [0.1, 0.15) is 5.76 Å². The minimum absolute atomic E-state index is 0.262. The Morgan fingerprint density at radius 3 is 2.39 bits per heavy atom. The zero-order valence-corrected chi connectivity index (χ0v) is 14.5. The van der Waals surface area contributed by atoms with Gasteiger partial charge in [0.2, 0.25) is 0 Å². The van der Waals surface area contributed by atoms with Crippen LogP contribution in [0.5, 0.6) is 0 Å². The van der Waals surface area contributed by atoms with Crippen molar-refractivity contribution in [2.45, 2.75) is 13.8 Å². The fraction of sp³-hybridized carbons (Fsp3) is 0.105. The maximum atomic E-state index is 12.2. The lowest BCUT2D eigenvalue weighted by molar-refractivity contribution is 0.0997. The molecule has 0 fully saturated rings. The lowest BCUT2D eigenvalue weighted by Crippen LogP contribution is -2.10. The first-order chi connectivity index (χ1) is 11.0. The third-order valence-corrected chi connectivity index (χ3v) is 4.25. The number of rotatable bonds is 3. The lowest BCUT2D eigenvalue weighted by Gasteiger charge is -2.04. The van der Waals surface area contributed by atoms with Crippen molar-refractivity contribution in [3.63, 3.8) is 0 Å². The minimum Gasteiger partial charge on any atom is -0.451 e. The fourth-order valence-electron chi connectivity index (χ4n) is 2.24. The first-order valence-corrected chi connectivity index (χ1v) is 8.06. The van der Waals surface area contributed by atoms with E-state index in [2.05, 4.69) is 47.2 Å². The largest absolute Gasteiger partial charge is 0.451 e. The summed E-state index contributed by atoms with van der Waals surface area (Å²) in [4.78, 5) is 12.2. The van der Waals surface area contributed by atoms with Crippen molar-refractivity contribution >= 4 is 27.5 Å². The van der Waals surface area contributed by atoms with E-state index in [1.807, 2.05) is 36.4 Å². The van der Waals surface area contributed by atoms with Crippen LogP contribution >= 0.6 is 15.9 Å². The zero-order valence-electron chi connectivity index (χ0n) is 12.9. The average molecular weight is 370 g/mol. The van der Waals surface area contributed by atoms with E-state index in [1.54, 1.807) is 6.07 Å². The summed E-state index contributed by atoms with van der Waals surface area (Å²) >= 11 is 3.37. The molecular weight excluding hydrogens is 354 g/mol. The molecule has 0 aliphatic heterocycles. The van der Waals surface area contributed by atoms with Gasteiger partial charge in [0.05, 0.1) is 0 Å². The van der Waals surface area contributed by atoms with Crippen molar-refractivity contribution in [2.24, 2.45) is 0 Å². The van der Waals surface area contributed by atoms with E-state index in [0.29, 0.717) is 11.5 Å². The third-order valence-electron chi connectivity index (χ3n) is 3.72. The van der Waals surface area contributed by atoms with Gasteiger partial charge < -0.3 is 9.73 Å². The Hall–Kier alpha value is -2.33. The molecule has 1 N–H and O–H groups in total. The van der Waals surface area contributed by atoms with Gasteiger partial charge in [-0.2, -0.15) is 0 Å². The fourth-order valence-corrected chi connectivity index (χ4v) is 2.50. The number of furan rings is 1. The van der Waals surface area contributed by atoms with Crippen molar-refractivity contribution in [1.29, 1.82) is 0 Å². The van der Waals surface area contributed by atoms with Gasteiger partial charge in [-0.3, -0.25) is 4.79 Å². The smallest absolute Gasteiger partial charge is 0.291 e. The van der Waals surface area contributed by atoms with E-state index >= 15 is 0 Å². The molecule has 23 heavy (non-hydrogen) atoms. The standard InChI is InChI=1S/C19H16BrNO2/c1-12-3-4-14(11-13(12)2)17-9-10-18(23-17)19(22)21-16-7-5-15(20)6-8-16/h3-11H,1-2H3,(H,21,22). The highest BCUT2D eigenvalue weighted by Crippen LogP contribution is 2.25. The number of anilines is 1.